The molecule has 1 aromatic carbocycles. The molecular formula is C22H30F3N3O2. The molecule has 2 saturated heterocycles. The maximum absolute atomic E-state index is 14.0. The molecule has 0 radical (unpaired) electrons. The minimum absolute atomic E-state index is 0.00762. The predicted molar refractivity (Wildman–Crippen MR) is 107 cm³/mol. The van der Waals surface area contributed by atoms with Crippen molar-refractivity contribution < 1.29 is 22.8 Å². The predicted octanol–water partition coefficient (Wildman–Crippen LogP) is 2.89. The lowest BCUT2D eigenvalue weighted by Crippen LogP contribution is -2.54. The number of amides is 2. The first-order chi connectivity index (χ1) is 13.9. The van der Waals surface area contributed by atoms with Gasteiger partial charge in [0.05, 0.1) is 5.41 Å². The molecule has 2 amide bonds. The quantitative estimate of drug-likeness (QED) is 0.687. The van der Waals surface area contributed by atoms with E-state index in [-0.39, 0.29) is 35.9 Å². The minimum atomic E-state index is -1.22. The number of hydrogen-bond donors (Lipinski definition) is 2. The van der Waals surface area contributed by atoms with Crippen molar-refractivity contribution in [2.24, 2.45) is 28.7 Å². The molecule has 0 unspecified atom stereocenters. The lowest BCUT2D eigenvalue weighted by Gasteiger charge is -2.43. The highest BCUT2D eigenvalue weighted by Gasteiger charge is 2.48. The van der Waals surface area contributed by atoms with Crippen molar-refractivity contribution in [2.45, 2.75) is 71.0 Å². The molecule has 5 nitrogen and oxygen atoms in total. The van der Waals surface area contributed by atoms with Crippen molar-refractivity contribution in [1.82, 2.24) is 4.90 Å². The molecule has 0 aromatic heterocycles. The standard InChI is InChI=1S/C22H30F3N3O2/c1-11(22(2,3)21(27)30)20(29)28-14-4-5-15(28)7-13(6-14)19(26)9-12-8-17(24)18(25)10-16(12)23/h8,10-11,13-15,19H,4-7,9,26H2,1-3H3,(H2,27,30)/t11-,14+,15+,19+/m0/s1. The van der Waals surface area contributed by atoms with Crippen molar-refractivity contribution >= 4 is 11.8 Å². The molecule has 2 aliphatic heterocycles. The van der Waals surface area contributed by atoms with Crippen molar-refractivity contribution in [2.75, 3.05) is 0 Å². The first kappa shape index (κ1) is 22.6. The summed E-state index contributed by atoms with van der Waals surface area (Å²) in [6.45, 7) is 5.09. The van der Waals surface area contributed by atoms with E-state index in [1.165, 1.54) is 0 Å². The van der Waals surface area contributed by atoms with Crippen LogP contribution in [0.4, 0.5) is 13.2 Å². The van der Waals surface area contributed by atoms with Crippen molar-refractivity contribution in [3.05, 3.63) is 35.1 Å². The molecule has 30 heavy (non-hydrogen) atoms. The van der Waals surface area contributed by atoms with Crippen molar-refractivity contribution in [1.29, 1.82) is 0 Å². The molecule has 0 saturated carbocycles. The van der Waals surface area contributed by atoms with Gasteiger partial charge < -0.3 is 16.4 Å². The van der Waals surface area contributed by atoms with Crippen LogP contribution in [-0.4, -0.2) is 34.8 Å². The molecule has 3 rings (SSSR count). The molecule has 1 aromatic rings. The number of nitrogens with zero attached hydrogens (tertiary/aromatic N) is 1. The summed E-state index contributed by atoms with van der Waals surface area (Å²) < 4.78 is 40.7. The smallest absolute Gasteiger partial charge is 0.226 e. The van der Waals surface area contributed by atoms with Gasteiger partial charge in [0.15, 0.2) is 11.6 Å². The summed E-state index contributed by atoms with van der Waals surface area (Å²) in [5.74, 6) is -4.21. The van der Waals surface area contributed by atoms with E-state index in [1.54, 1.807) is 20.8 Å². The Morgan fingerprint density at radius 2 is 1.63 bits per heavy atom. The van der Waals surface area contributed by atoms with Crippen LogP contribution in [0.3, 0.4) is 0 Å². The van der Waals surface area contributed by atoms with E-state index in [0.29, 0.717) is 18.9 Å². The Hall–Kier alpha value is -2.09. The Kier molecular flexibility index (Phi) is 6.18. The molecule has 2 fully saturated rings. The van der Waals surface area contributed by atoms with Gasteiger partial charge in [-0.25, -0.2) is 13.2 Å². The summed E-state index contributed by atoms with van der Waals surface area (Å²) in [6.07, 6.45) is 3.13. The normalized spacial score (nSPS) is 25.8. The number of piperidine rings is 1. The Labute approximate surface area is 175 Å². The highest BCUT2D eigenvalue weighted by molar-refractivity contribution is 5.89. The van der Waals surface area contributed by atoms with E-state index >= 15 is 0 Å². The lowest BCUT2D eigenvalue weighted by molar-refractivity contribution is -0.148. The van der Waals surface area contributed by atoms with Crippen LogP contribution in [-0.2, 0) is 16.0 Å². The molecule has 8 heteroatoms. The second-order valence-electron chi connectivity index (χ2n) is 9.40. The van der Waals surface area contributed by atoms with E-state index in [9.17, 15) is 22.8 Å². The van der Waals surface area contributed by atoms with Crippen LogP contribution in [0.15, 0.2) is 12.1 Å². The van der Waals surface area contributed by atoms with Crippen LogP contribution in [0.25, 0.3) is 0 Å². The average molecular weight is 425 g/mol. The van der Waals surface area contributed by atoms with Gasteiger partial charge >= 0.3 is 0 Å². The molecule has 166 valence electrons. The summed E-state index contributed by atoms with van der Waals surface area (Å²) in [6, 6.07) is 1.00. The van der Waals surface area contributed by atoms with Gasteiger partial charge in [-0.05, 0) is 49.7 Å². The van der Waals surface area contributed by atoms with Gasteiger partial charge in [-0.15, -0.1) is 0 Å². The highest BCUT2D eigenvalue weighted by Crippen LogP contribution is 2.42. The molecule has 2 aliphatic rings. The molecule has 0 spiro atoms. The molecule has 4 N–H and O–H groups in total. The van der Waals surface area contributed by atoms with Gasteiger partial charge in [-0.1, -0.05) is 20.8 Å². The van der Waals surface area contributed by atoms with Crippen LogP contribution in [0.1, 0.15) is 52.0 Å². The zero-order valence-corrected chi connectivity index (χ0v) is 17.6. The topological polar surface area (TPSA) is 89.4 Å². The highest BCUT2D eigenvalue weighted by atomic mass is 19.2. The Morgan fingerprint density at radius 1 is 1.10 bits per heavy atom. The molecular weight excluding hydrogens is 395 g/mol. The van der Waals surface area contributed by atoms with Gasteiger partial charge in [-0.3, -0.25) is 9.59 Å². The van der Waals surface area contributed by atoms with E-state index in [2.05, 4.69) is 0 Å². The fraction of sp³-hybridized carbons (Fsp3) is 0.636. The van der Waals surface area contributed by atoms with Crippen molar-refractivity contribution in [3.63, 3.8) is 0 Å². The van der Waals surface area contributed by atoms with E-state index in [4.69, 9.17) is 11.5 Å². The average Bonchev–Trinajstić information content (AvgIpc) is 2.93. The van der Waals surface area contributed by atoms with E-state index in [1.807, 2.05) is 4.90 Å². The maximum atomic E-state index is 14.0. The first-order valence-electron chi connectivity index (χ1n) is 10.4. The van der Waals surface area contributed by atoms with E-state index < -0.39 is 40.7 Å². The lowest BCUT2D eigenvalue weighted by atomic mass is 9.77. The number of hydrogen-bond acceptors (Lipinski definition) is 3. The molecule has 0 aliphatic carbocycles. The first-order valence-corrected chi connectivity index (χ1v) is 10.4. The third kappa shape index (κ3) is 4.06. The number of halogens is 3. The summed E-state index contributed by atoms with van der Waals surface area (Å²) in [5, 5.41) is 0. The van der Waals surface area contributed by atoms with Gasteiger partial charge in [-0.2, -0.15) is 0 Å². The number of nitrogens with two attached hydrogens (primary N) is 2. The largest absolute Gasteiger partial charge is 0.369 e. The zero-order chi connectivity index (χ0) is 22.4. The van der Waals surface area contributed by atoms with Crippen LogP contribution in [0.5, 0.6) is 0 Å². The Morgan fingerprint density at radius 3 is 2.17 bits per heavy atom. The summed E-state index contributed by atoms with van der Waals surface area (Å²) in [7, 11) is 0. The SMILES string of the molecule is C[C@@H](C(=O)N1[C@@H]2CC[C@@H]1CC([C@H](N)Cc1cc(F)c(F)cc1F)C2)C(C)(C)C(N)=O. The molecule has 2 bridgehead atoms. The third-order valence-corrected chi connectivity index (χ3v) is 7.26. The van der Waals surface area contributed by atoms with Gasteiger partial charge in [0.1, 0.15) is 5.82 Å². The number of primary amides is 1. The second kappa shape index (κ2) is 8.21. The Bertz CT molecular complexity index is 831. The monoisotopic (exact) mass is 425 g/mol. The van der Waals surface area contributed by atoms with Crippen LogP contribution < -0.4 is 11.5 Å². The molecule has 4 atom stereocenters. The number of carbonyl (C=O) groups excluding carboxylic acids is 2. The maximum Gasteiger partial charge on any atom is 0.226 e. The number of carbonyl (C=O) groups is 2. The molecule has 2 heterocycles. The zero-order valence-electron chi connectivity index (χ0n) is 17.6. The van der Waals surface area contributed by atoms with Gasteiger partial charge in [0.2, 0.25) is 11.8 Å². The summed E-state index contributed by atoms with van der Waals surface area (Å²) in [5.41, 5.74) is 10.9. The van der Waals surface area contributed by atoms with Gasteiger partial charge in [0, 0.05) is 30.1 Å². The third-order valence-electron chi connectivity index (χ3n) is 7.26. The minimum Gasteiger partial charge on any atom is -0.369 e. The summed E-state index contributed by atoms with van der Waals surface area (Å²) in [4.78, 5) is 26.8. The number of fused-ring (bicyclic) bond motifs is 2. The fourth-order valence-corrected chi connectivity index (χ4v) is 4.82. The van der Waals surface area contributed by atoms with Crippen LogP contribution in [0, 0.1) is 34.7 Å². The second-order valence-corrected chi connectivity index (χ2v) is 9.40. The number of rotatable bonds is 6. The van der Waals surface area contributed by atoms with Gasteiger partial charge in [0.25, 0.3) is 0 Å². The van der Waals surface area contributed by atoms with E-state index in [0.717, 1.165) is 18.9 Å². The summed E-state index contributed by atoms with van der Waals surface area (Å²) >= 11 is 0. The fourth-order valence-electron chi connectivity index (χ4n) is 4.82. The van der Waals surface area contributed by atoms with Crippen LogP contribution >= 0.6 is 0 Å². The Balaban J connectivity index is 1.69. The van der Waals surface area contributed by atoms with Crippen molar-refractivity contribution in [3.8, 4) is 0 Å². The number of benzene rings is 1. The van der Waals surface area contributed by atoms with Crippen LogP contribution in [0.2, 0.25) is 0 Å².